The van der Waals surface area contributed by atoms with Crippen molar-refractivity contribution in [2.75, 3.05) is 0 Å². The molecule has 0 saturated heterocycles. The molecule has 0 radical (unpaired) electrons. The number of benzene rings is 9. The van der Waals surface area contributed by atoms with Crippen molar-refractivity contribution in [1.29, 1.82) is 0 Å². The normalized spacial score (nSPS) is 15.1. The van der Waals surface area contributed by atoms with Crippen LogP contribution in [-0.4, -0.2) is 0 Å². The van der Waals surface area contributed by atoms with Crippen LogP contribution in [0.3, 0.4) is 0 Å². The highest BCUT2D eigenvalue weighted by molar-refractivity contribution is 6.22. The molecule has 0 aliphatic heterocycles. The molecule has 0 aromatic heterocycles. The standard InChI is InChI=1S/C54H34/c1-53(2)45-18-7-3-14-37(45)43-28-32(24-25-46(43)53)31-22-23-33-27-41-38-16-11-17-40-51(38)44(42(41)29-34(33)26-31)30-50-52(40)39-15-6-10-21-49(39)54(50)47-19-8-4-12-35(47)36-13-5-9-20-48(36)54/h3-30H,1-2H3. The van der Waals surface area contributed by atoms with E-state index in [1.807, 2.05) is 0 Å². The molecule has 4 aliphatic rings. The lowest BCUT2D eigenvalue weighted by molar-refractivity contribution is 0.660. The predicted molar refractivity (Wildman–Crippen MR) is 225 cm³/mol. The fourth-order valence-electron chi connectivity index (χ4n) is 11.3. The molecule has 1 spiro atoms. The first kappa shape index (κ1) is 29.0. The molecule has 0 fully saturated rings. The van der Waals surface area contributed by atoms with Crippen LogP contribution < -0.4 is 0 Å². The maximum absolute atomic E-state index is 2.58. The maximum Gasteiger partial charge on any atom is 0.0725 e. The third kappa shape index (κ3) is 3.29. The molecule has 0 heterocycles. The Labute approximate surface area is 315 Å². The van der Waals surface area contributed by atoms with E-state index in [0.717, 1.165) is 0 Å². The topological polar surface area (TPSA) is 0 Å². The van der Waals surface area contributed by atoms with E-state index in [-0.39, 0.29) is 10.8 Å². The smallest absolute Gasteiger partial charge is 0.0619 e. The van der Waals surface area contributed by atoms with Crippen molar-refractivity contribution in [2.24, 2.45) is 0 Å². The second kappa shape index (κ2) is 9.72. The number of fused-ring (bicyclic) bond motifs is 18. The molecule has 4 aliphatic carbocycles. The van der Waals surface area contributed by atoms with Gasteiger partial charge in [-0.05, 0) is 152 Å². The summed E-state index contributed by atoms with van der Waals surface area (Å²) < 4.78 is 0. The second-order valence-corrected chi connectivity index (χ2v) is 16.4. The van der Waals surface area contributed by atoms with Gasteiger partial charge in [-0.25, -0.2) is 0 Å². The molecule has 0 nitrogen and oxygen atoms in total. The summed E-state index contributed by atoms with van der Waals surface area (Å²) in [6.07, 6.45) is 0. The molecular formula is C54H34. The lowest BCUT2D eigenvalue weighted by Gasteiger charge is -2.30. The summed E-state index contributed by atoms with van der Waals surface area (Å²) in [5.74, 6) is 0. The summed E-state index contributed by atoms with van der Waals surface area (Å²) in [5.41, 5.74) is 24.1. The van der Waals surface area contributed by atoms with E-state index in [1.54, 1.807) is 0 Å². The lowest BCUT2D eigenvalue weighted by Crippen LogP contribution is -2.25. The van der Waals surface area contributed by atoms with E-state index in [2.05, 4.69) is 184 Å². The Kier molecular flexibility index (Phi) is 5.22. The van der Waals surface area contributed by atoms with E-state index in [0.29, 0.717) is 0 Å². The van der Waals surface area contributed by atoms with Crippen molar-refractivity contribution in [3.05, 3.63) is 203 Å². The summed E-state index contributed by atoms with van der Waals surface area (Å²) in [6.45, 7) is 4.71. The van der Waals surface area contributed by atoms with Gasteiger partial charge in [0.1, 0.15) is 0 Å². The van der Waals surface area contributed by atoms with Crippen molar-refractivity contribution in [3.8, 4) is 66.8 Å². The van der Waals surface area contributed by atoms with Crippen LogP contribution in [-0.2, 0) is 10.8 Å². The van der Waals surface area contributed by atoms with Crippen LogP contribution in [0.1, 0.15) is 47.2 Å². The minimum atomic E-state index is -0.368. The summed E-state index contributed by atoms with van der Waals surface area (Å²) in [6, 6.07) is 65.0. The van der Waals surface area contributed by atoms with Gasteiger partial charge in [0.2, 0.25) is 0 Å². The number of hydrogen-bond acceptors (Lipinski definition) is 0. The zero-order chi connectivity index (χ0) is 35.5. The van der Waals surface area contributed by atoms with Crippen LogP contribution >= 0.6 is 0 Å². The van der Waals surface area contributed by atoms with Gasteiger partial charge in [0.25, 0.3) is 0 Å². The average Bonchev–Trinajstić information content (AvgIpc) is 3.88. The molecule has 0 saturated carbocycles. The van der Waals surface area contributed by atoms with E-state index < -0.39 is 0 Å². The SMILES string of the molecule is CC1(C)c2ccccc2-c2cc(-c3ccc4cc5c(cc4c3)-c3cc4c(c6cccc-5c36)-c3ccccc3C43c4ccccc4-c4ccccc43)ccc21. The molecule has 250 valence electrons. The van der Waals surface area contributed by atoms with Crippen LogP contribution in [0.4, 0.5) is 0 Å². The van der Waals surface area contributed by atoms with Gasteiger partial charge in [-0.2, -0.15) is 0 Å². The van der Waals surface area contributed by atoms with Crippen molar-refractivity contribution < 1.29 is 0 Å². The Bertz CT molecular complexity index is 3140. The minimum Gasteiger partial charge on any atom is -0.0619 e. The fourth-order valence-corrected chi connectivity index (χ4v) is 11.3. The van der Waals surface area contributed by atoms with E-state index in [4.69, 9.17) is 0 Å². The molecular weight excluding hydrogens is 649 g/mol. The zero-order valence-corrected chi connectivity index (χ0v) is 30.2. The third-order valence-corrected chi connectivity index (χ3v) is 13.6. The fraction of sp³-hybridized carbons (Fsp3) is 0.0741. The van der Waals surface area contributed by atoms with Crippen LogP contribution in [0.2, 0.25) is 0 Å². The van der Waals surface area contributed by atoms with Crippen molar-refractivity contribution >= 4 is 21.5 Å². The number of rotatable bonds is 1. The van der Waals surface area contributed by atoms with Gasteiger partial charge < -0.3 is 0 Å². The molecule has 0 heteroatoms. The molecule has 13 rings (SSSR count). The van der Waals surface area contributed by atoms with Gasteiger partial charge in [-0.1, -0.05) is 153 Å². The van der Waals surface area contributed by atoms with Crippen LogP contribution in [0, 0.1) is 0 Å². The van der Waals surface area contributed by atoms with Crippen molar-refractivity contribution in [1.82, 2.24) is 0 Å². The summed E-state index contributed by atoms with van der Waals surface area (Å²) in [4.78, 5) is 0. The van der Waals surface area contributed by atoms with Gasteiger partial charge in [-0.15, -0.1) is 0 Å². The van der Waals surface area contributed by atoms with Crippen LogP contribution in [0.5, 0.6) is 0 Å². The largest absolute Gasteiger partial charge is 0.0725 e. The molecule has 9 aromatic rings. The highest BCUT2D eigenvalue weighted by atomic mass is 14.5. The van der Waals surface area contributed by atoms with Crippen LogP contribution in [0.25, 0.3) is 88.3 Å². The van der Waals surface area contributed by atoms with Gasteiger partial charge in [0, 0.05) is 5.41 Å². The number of hydrogen-bond donors (Lipinski definition) is 0. The first-order valence-electron chi connectivity index (χ1n) is 19.3. The summed E-state index contributed by atoms with van der Waals surface area (Å²) in [5, 5.41) is 5.30. The molecule has 0 atom stereocenters. The van der Waals surface area contributed by atoms with Gasteiger partial charge in [-0.3, -0.25) is 0 Å². The quantitative estimate of drug-likeness (QED) is 0.162. The zero-order valence-electron chi connectivity index (χ0n) is 30.2. The molecule has 9 aromatic carbocycles. The lowest BCUT2D eigenvalue weighted by atomic mass is 9.70. The first-order valence-corrected chi connectivity index (χ1v) is 19.3. The second-order valence-electron chi connectivity index (χ2n) is 16.4. The Hall–Kier alpha value is -6.50. The Balaban J connectivity index is 1.05. The van der Waals surface area contributed by atoms with E-state index in [1.165, 1.54) is 122 Å². The summed E-state index contributed by atoms with van der Waals surface area (Å²) >= 11 is 0. The Morgan fingerprint density at radius 2 is 0.852 bits per heavy atom. The minimum absolute atomic E-state index is 0.00714. The molecule has 0 N–H and O–H groups in total. The van der Waals surface area contributed by atoms with E-state index in [9.17, 15) is 0 Å². The summed E-state index contributed by atoms with van der Waals surface area (Å²) in [7, 11) is 0. The highest BCUT2D eigenvalue weighted by Gasteiger charge is 2.52. The first-order chi connectivity index (χ1) is 26.5. The van der Waals surface area contributed by atoms with Gasteiger partial charge >= 0.3 is 0 Å². The van der Waals surface area contributed by atoms with E-state index >= 15 is 0 Å². The van der Waals surface area contributed by atoms with Gasteiger partial charge in [0.05, 0.1) is 5.41 Å². The molecule has 0 amide bonds. The van der Waals surface area contributed by atoms with Crippen molar-refractivity contribution in [3.63, 3.8) is 0 Å². The van der Waals surface area contributed by atoms with Crippen molar-refractivity contribution in [2.45, 2.75) is 24.7 Å². The third-order valence-electron chi connectivity index (χ3n) is 13.6. The molecule has 0 bridgehead atoms. The monoisotopic (exact) mass is 682 g/mol. The van der Waals surface area contributed by atoms with Crippen LogP contribution in [0.15, 0.2) is 170 Å². The molecule has 54 heavy (non-hydrogen) atoms. The average molecular weight is 683 g/mol. The maximum atomic E-state index is 2.58. The Morgan fingerprint density at radius 3 is 1.59 bits per heavy atom. The van der Waals surface area contributed by atoms with Gasteiger partial charge in [0.15, 0.2) is 0 Å². The molecule has 0 unspecified atom stereocenters. The predicted octanol–water partition coefficient (Wildman–Crippen LogP) is 14.0. The Morgan fingerprint density at radius 1 is 0.315 bits per heavy atom. The highest BCUT2D eigenvalue weighted by Crippen LogP contribution is 2.65.